The first-order chi connectivity index (χ1) is 38.2. The number of aromatic nitrogens is 4. The van der Waals surface area contributed by atoms with Crippen LogP contribution in [0, 0.1) is 0 Å². The highest BCUT2D eigenvalue weighted by Crippen LogP contribution is 2.46. The lowest BCUT2D eigenvalue weighted by molar-refractivity contribution is -0.112. The van der Waals surface area contributed by atoms with Gasteiger partial charge in [-0.25, -0.2) is 9.97 Å². The molecule has 4 aromatic carbocycles. The van der Waals surface area contributed by atoms with Crippen molar-refractivity contribution in [2.45, 2.75) is 38.5 Å². The maximum absolute atomic E-state index is 12.3. The van der Waals surface area contributed by atoms with Crippen LogP contribution in [0.25, 0.3) is 0 Å². The number of benzene rings is 4. The van der Waals surface area contributed by atoms with E-state index in [4.69, 9.17) is 24.0 Å². The second kappa shape index (κ2) is 26.8. The number of amides is 2. The normalized spacial score (nSPS) is 13.6. The molecule has 2 aliphatic rings. The molecule has 2 aliphatic heterocycles. The Morgan fingerprint density at radius 3 is 1.31 bits per heavy atom. The van der Waals surface area contributed by atoms with Gasteiger partial charge in [-0.15, -0.1) is 0 Å². The zero-order valence-electron chi connectivity index (χ0n) is 48.8. The summed E-state index contributed by atoms with van der Waals surface area (Å²) in [6.45, 7) is 21.0. The van der Waals surface area contributed by atoms with E-state index in [1.807, 2.05) is 78.7 Å². The first-order valence-electron chi connectivity index (χ1n) is 26.1. The fourth-order valence-corrected chi connectivity index (χ4v) is 9.27. The summed E-state index contributed by atoms with van der Waals surface area (Å²) in [5, 5.41) is 12.5. The van der Waals surface area contributed by atoms with Gasteiger partial charge in [0.15, 0.2) is 0 Å². The van der Waals surface area contributed by atoms with Crippen molar-refractivity contribution >= 4 is 91.0 Å². The van der Waals surface area contributed by atoms with Crippen LogP contribution in [0.2, 0.25) is 0 Å². The summed E-state index contributed by atoms with van der Waals surface area (Å²) in [7, 11) is 11.6. The van der Waals surface area contributed by atoms with Gasteiger partial charge < -0.3 is 60.1 Å². The van der Waals surface area contributed by atoms with Crippen molar-refractivity contribution in [2.75, 3.05) is 143 Å². The number of nitrogens with zero attached hydrogens (tertiary/aromatic N) is 10. The fraction of sp³-hybridized carbons (Fsp3) is 0.356. The van der Waals surface area contributed by atoms with Crippen LogP contribution in [0.4, 0.5) is 69.0 Å². The average Bonchev–Trinajstić information content (AvgIpc) is 4.10. The SMILES string of the molecule is C=CC(=O)Nc1cc(Nc2nccc(N3CC(C)(C)c4ccccc43)n2)c(OC)cc1N(C)CCN(C)C.C=CC(=O)Nc1cc(Nc2nccc(N3CC(C)(C)c4ccccc43)n2)c(OC)cc1N(C)CCN(C)C.CS(=O)(=O)O. The van der Waals surface area contributed by atoms with Crippen molar-refractivity contribution in [3.8, 4) is 11.5 Å². The van der Waals surface area contributed by atoms with Crippen LogP contribution in [0.3, 0.4) is 0 Å². The van der Waals surface area contributed by atoms with Gasteiger partial charge in [0.2, 0.25) is 23.7 Å². The summed E-state index contributed by atoms with van der Waals surface area (Å²) in [4.78, 5) is 55.9. The van der Waals surface area contributed by atoms with Gasteiger partial charge in [-0.2, -0.15) is 18.4 Å². The molecular formula is C59H78N14O7S. The molecule has 21 nitrogen and oxygen atoms in total. The molecule has 0 saturated carbocycles. The molecule has 4 heterocycles. The molecule has 2 amide bonds. The Kier molecular flexibility index (Phi) is 20.5. The molecule has 81 heavy (non-hydrogen) atoms. The number of rotatable bonds is 20. The first-order valence-corrected chi connectivity index (χ1v) is 28.0. The van der Waals surface area contributed by atoms with Crippen LogP contribution in [0.5, 0.6) is 11.5 Å². The van der Waals surface area contributed by atoms with Crippen LogP contribution in [0.1, 0.15) is 38.8 Å². The molecule has 2 aromatic heterocycles. The van der Waals surface area contributed by atoms with E-state index in [1.165, 1.54) is 23.3 Å². The third-order valence-electron chi connectivity index (χ3n) is 13.4. The van der Waals surface area contributed by atoms with Gasteiger partial charge in [0, 0.05) is 100 Å². The number of hydrogen-bond acceptors (Lipinski definition) is 18. The molecule has 0 radical (unpaired) electrons. The number of hydrogen-bond donors (Lipinski definition) is 5. The van der Waals surface area contributed by atoms with Gasteiger partial charge >= 0.3 is 0 Å². The smallest absolute Gasteiger partial charge is 0.261 e. The minimum atomic E-state index is -3.67. The van der Waals surface area contributed by atoms with E-state index in [2.05, 4.69) is 150 Å². The van der Waals surface area contributed by atoms with Crippen LogP contribution in [-0.4, -0.2) is 157 Å². The Labute approximate surface area is 477 Å². The lowest BCUT2D eigenvalue weighted by Crippen LogP contribution is -2.29. The third kappa shape index (κ3) is 16.4. The van der Waals surface area contributed by atoms with Crippen molar-refractivity contribution in [3.05, 3.63) is 134 Å². The minimum Gasteiger partial charge on any atom is -0.494 e. The van der Waals surface area contributed by atoms with Gasteiger partial charge in [-0.05, 0) is 87.9 Å². The van der Waals surface area contributed by atoms with E-state index in [0.717, 1.165) is 73.7 Å². The number of anilines is 12. The maximum atomic E-state index is 12.3. The molecule has 0 saturated heterocycles. The Hall–Kier alpha value is -8.31. The van der Waals surface area contributed by atoms with Crippen molar-refractivity contribution in [3.63, 3.8) is 0 Å². The summed E-state index contributed by atoms with van der Waals surface area (Å²) in [5.41, 5.74) is 9.10. The molecule has 8 rings (SSSR count). The van der Waals surface area contributed by atoms with E-state index >= 15 is 0 Å². The molecule has 0 aliphatic carbocycles. The van der Waals surface area contributed by atoms with E-state index in [9.17, 15) is 18.0 Å². The second-order valence-electron chi connectivity index (χ2n) is 21.4. The van der Waals surface area contributed by atoms with Gasteiger partial charge in [0.05, 0.1) is 54.6 Å². The number of carbonyl (C=O) groups is 2. The zero-order chi connectivity index (χ0) is 59.4. The number of methoxy groups -OCH3 is 2. The summed E-state index contributed by atoms with van der Waals surface area (Å²) in [6.07, 6.45) is 6.71. The Morgan fingerprint density at radius 1 is 0.617 bits per heavy atom. The average molecular weight is 1130 g/mol. The Bertz CT molecular complexity index is 3110. The summed E-state index contributed by atoms with van der Waals surface area (Å²) < 4.78 is 37.3. The first kappa shape index (κ1) is 61.9. The van der Waals surface area contributed by atoms with Crippen LogP contribution < -0.4 is 50.3 Å². The highest BCUT2D eigenvalue weighted by molar-refractivity contribution is 7.85. The lowest BCUT2D eigenvalue weighted by atomic mass is 9.87. The molecule has 0 bridgehead atoms. The highest BCUT2D eigenvalue weighted by atomic mass is 32.2. The number of para-hydroxylation sites is 2. The van der Waals surface area contributed by atoms with Gasteiger partial charge in [-0.1, -0.05) is 77.3 Å². The van der Waals surface area contributed by atoms with Gasteiger partial charge in [0.1, 0.15) is 23.1 Å². The van der Waals surface area contributed by atoms with E-state index < -0.39 is 10.1 Å². The van der Waals surface area contributed by atoms with Crippen molar-refractivity contribution in [1.82, 2.24) is 29.7 Å². The summed E-state index contributed by atoms with van der Waals surface area (Å²) >= 11 is 0. The molecule has 0 spiro atoms. The summed E-state index contributed by atoms with van der Waals surface area (Å²) in [5.74, 6) is 3.09. The second-order valence-corrected chi connectivity index (χ2v) is 22.9. The van der Waals surface area contributed by atoms with E-state index in [1.54, 1.807) is 26.6 Å². The molecule has 0 fully saturated rings. The van der Waals surface area contributed by atoms with Gasteiger partial charge in [0.25, 0.3) is 10.1 Å². The largest absolute Gasteiger partial charge is 0.494 e. The topological polar surface area (TPSA) is 226 Å². The van der Waals surface area contributed by atoms with Gasteiger partial charge in [-0.3, -0.25) is 14.1 Å². The van der Waals surface area contributed by atoms with Crippen molar-refractivity contribution in [2.24, 2.45) is 0 Å². The fourth-order valence-electron chi connectivity index (χ4n) is 9.27. The molecular weight excluding hydrogens is 1050 g/mol. The molecule has 432 valence electrons. The zero-order valence-corrected chi connectivity index (χ0v) is 49.6. The van der Waals surface area contributed by atoms with E-state index in [-0.39, 0.29) is 22.6 Å². The predicted molar refractivity (Wildman–Crippen MR) is 328 cm³/mol. The summed E-state index contributed by atoms with van der Waals surface area (Å²) in [6, 6.07) is 28.2. The minimum absolute atomic E-state index is 0.00502. The molecule has 6 aromatic rings. The molecule has 0 unspecified atom stereocenters. The van der Waals surface area contributed by atoms with Crippen LogP contribution >= 0.6 is 0 Å². The number of likely N-dealkylation sites (N-methyl/N-ethyl adjacent to an activating group) is 4. The monoisotopic (exact) mass is 1130 g/mol. The van der Waals surface area contributed by atoms with Crippen LogP contribution in [0.15, 0.2) is 123 Å². The molecule has 0 atom stereocenters. The van der Waals surface area contributed by atoms with Crippen molar-refractivity contribution < 1.29 is 32.0 Å². The Morgan fingerprint density at radius 2 is 0.975 bits per heavy atom. The predicted octanol–water partition coefficient (Wildman–Crippen LogP) is 9.06. The van der Waals surface area contributed by atoms with E-state index in [0.29, 0.717) is 52.4 Å². The highest BCUT2D eigenvalue weighted by Gasteiger charge is 2.37. The molecule has 5 N–H and O–H groups in total. The third-order valence-corrected chi connectivity index (χ3v) is 13.4. The maximum Gasteiger partial charge on any atom is 0.261 e. The quantitative estimate of drug-likeness (QED) is 0.0355. The lowest BCUT2D eigenvalue weighted by Gasteiger charge is -2.26. The number of fused-ring (bicyclic) bond motifs is 2. The standard InChI is InChI=1S/2C29H37N7O2.CH4O3S/c2*1-8-27(37)31-21-17-22(25(38-7)18-24(21)35(6)16-15-34(4)5)32-28-30-14-13-26(33-28)36-19-29(2,3)20-11-9-10-12-23(20)36;1-5(2,3)4/h2*8-14,17-18H,1,15-16,19H2,2-7H3,(H,31,37)(H,30,32,33);1H3,(H,2,3,4). The Balaban J connectivity index is 0.000000241. The number of carbonyl (C=O) groups excluding carboxylic acids is 2. The molecule has 22 heteroatoms. The number of ether oxygens (including phenoxy) is 2. The van der Waals surface area contributed by atoms with Crippen molar-refractivity contribution in [1.29, 1.82) is 0 Å². The van der Waals surface area contributed by atoms with Crippen LogP contribution in [-0.2, 0) is 30.5 Å². The number of nitrogens with one attached hydrogen (secondary N) is 4.